The second-order valence-corrected chi connectivity index (χ2v) is 8.03. The molecule has 0 bridgehead atoms. The van der Waals surface area contributed by atoms with E-state index in [4.69, 9.17) is 9.47 Å². The van der Waals surface area contributed by atoms with Crippen molar-refractivity contribution in [1.82, 2.24) is 10.3 Å². The van der Waals surface area contributed by atoms with Crippen LogP contribution < -0.4 is 10.1 Å². The predicted octanol–water partition coefficient (Wildman–Crippen LogP) is 3.71. The number of hydrogen-bond donors (Lipinski definition) is 1. The largest absolute Gasteiger partial charge is 0.477 e. The van der Waals surface area contributed by atoms with Crippen molar-refractivity contribution in [3.05, 3.63) is 47.9 Å². The van der Waals surface area contributed by atoms with E-state index in [2.05, 4.69) is 15.3 Å². The molecule has 2 atom stereocenters. The lowest BCUT2D eigenvalue weighted by molar-refractivity contribution is -0.120. The van der Waals surface area contributed by atoms with Crippen molar-refractivity contribution in [1.29, 1.82) is 0 Å². The number of aromatic nitrogens is 1. The number of ether oxygens (including phenoxy) is 2. The maximum Gasteiger partial charge on any atom is 0.219 e. The molecule has 0 spiro atoms. The lowest BCUT2D eigenvalue weighted by Gasteiger charge is -2.35. The average molecular weight is 411 g/mol. The predicted molar refractivity (Wildman–Crippen MR) is 112 cm³/mol. The van der Waals surface area contributed by atoms with Gasteiger partial charge in [0.05, 0.1) is 24.9 Å². The standard InChI is InChI=1S/C23H26FN3O3/c1-14(27-15(2)28)12-29-19-9-16(10-19)13-30-23-22(21-11-26-21)20(7-8-25-23)17-3-5-18(24)6-4-17/h3-8,11,14,16,19,21H,9-10,12-13H2,1-2H3,(H,27,28)/t14-,16?,19?,21?/m0/s1. The Morgan fingerprint density at radius 3 is 2.67 bits per heavy atom. The van der Waals surface area contributed by atoms with Gasteiger partial charge in [0.1, 0.15) is 11.9 Å². The van der Waals surface area contributed by atoms with Gasteiger partial charge in [-0.3, -0.25) is 9.79 Å². The quantitative estimate of drug-likeness (QED) is 0.683. The Kier molecular flexibility index (Phi) is 6.08. The summed E-state index contributed by atoms with van der Waals surface area (Å²) in [5, 5.41) is 2.82. The lowest BCUT2D eigenvalue weighted by Crippen LogP contribution is -2.40. The molecule has 1 aliphatic heterocycles. The Balaban J connectivity index is 1.32. The third kappa shape index (κ3) is 5.02. The van der Waals surface area contributed by atoms with E-state index in [1.165, 1.54) is 19.1 Å². The first-order valence-electron chi connectivity index (χ1n) is 10.3. The van der Waals surface area contributed by atoms with E-state index in [0.717, 1.165) is 29.5 Å². The number of nitrogens with zero attached hydrogens (tertiary/aromatic N) is 2. The normalized spacial score (nSPS) is 22.8. The molecule has 1 aromatic heterocycles. The molecule has 1 N–H and O–H groups in total. The van der Waals surface area contributed by atoms with E-state index in [9.17, 15) is 9.18 Å². The maximum atomic E-state index is 13.3. The van der Waals surface area contributed by atoms with Crippen LogP contribution in [0.1, 0.15) is 38.3 Å². The van der Waals surface area contributed by atoms with Crippen molar-refractivity contribution in [2.75, 3.05) is 13.2 Å². The Labute approximate surface area is 175 Å². The smallest absolute Gasteiger partial charge is 0.219 e. The van der Waals surface area contributed by atoms with E-state index in [1.807, 2.05) is 19.2 Å². The summed E-state index contributed by atoms with van der Waals surface area (Å²) in [7, 11) is 0. The summed E-state index contributed by atoms with van der Waals surface area (Å²) in [6.45, 7) is 4.53. The van der Waals surface area contributed by atoms with Gasteiger partial charge in [-0.05, 0) is 55.0 Å². The van der Waals surface area contributed by atoms with Crippen molar-refractivity contribution in [2.45, 2.75) is 44.9 Å². The van der Waals surface area contributed by atoms with E-state index in [-0.39, 0.29) is 29.9 Å². The van der Waals surface area contributed by atoms with Gasteiger partial charge >= 0.3 is 0 Å². The number of halogens is 1. The van der Waals surface area contributed by atoms with Crippen LogP contribution in [-0.4, -0.2) is 42.5 Å². The van der Waals surface area contributed by atoms with Crippen LogP contribution >= 0.6 is 0 Å². The number of pyridine rings is 1. The number of nitrogens with one attached hydrogen (secondary N) is 1. The topological polar surface area (TPSA) is 72.8 Å². The first-order valence-corrected chi connectivity index (χ1v) is 10.3. The zero-order valence-corrected chi connectivity index (χ0v) is 17.2. The van der Waals surface area contributed by atoms with Crippen LogP contribution in [0, 0.1) is 11.7 Å². The number of benzene rings is 1. The van der Waals surface area contributed by atoms with Gasteiger partial charge in [0.25, 0.3) is 0 Å². The minimum Gasteiger partial charge on any atom is -0.477 e. The van der Waals surface area contributed by atoms with Crippen LogP contribution in [0.25, 0.3) is 11.1 Å². The summed E-state index contributed by atoms with van der Waals surface area (Å²) in [5.74, 6) is 0.692. The minimum absolute atomic E-state index is 0.0114. The van der Waals surface area contributed by atoms with Gasteiger partial charge < -0.3 is 14.8 Å². The second-order valence-electron chi connectivity index (χ2n) is 8.03. The van der Waals surface area contributed by atoms with Gasteiger partial charge in [-0.25, -0.2) is 9.37 Å². The van der Waals surface area contributed by atoms with Crippen LogP contribution in [0.5, 0.6) is 5.88 Å². The first-order chi connectivity index (χ1) is 14.5. The molecule has 1 unspecified atom stereocenters. The van der Waals surface area contributed by atoms with Gasteiger partial charge in [-0.2, -0.15) is 0 Å². The summed E-state index contributed by atoms with van der Waals surface area (Å²) in [6, 6.07) is 8.33. The van der Waals surface area contributed by atoms with Crippen molar-refractivity contribution in [3.8, 4) is 17.0 Å². The Hall–Kier alpha value is -2.80. The highest BCUT2D eigenvalue weighted by Gasteiger charge is 2.32. The monoisotopic (exact) mass is 411 g/mol. The zero-order chi connectivity index (χ0) is 21.1. The fourth-order valence-corrected chi connectivity index (χ4v) is 3.74. The van der Waals surface area contributed by atoms with Crippen LogP contribution in [0.3, 0.4) is 0 Å². The fraction of sp³-hybridized carbons (Fsp3) is 0.435. The summed E-state index contributed by atoms with van der Waals surface area (Å²) in [4.78, 5) is 19.8. The van der Waals surface area contributed by atoms with Gasteiger partial charge in [-0.15, -0.1) is 0 Å². The molecule has 1 aromatic carbocycles. The molecule has 1 amide bonds. The molecular weight excluding hydrogens is 385 g/mol. The third-order valence-electron chi connectivity index (χ3n) is 5.38. The molecule has 7 heteroatoms. The number of amides is 1. The molecule has 0 saturated heterocycles. The zero-order valence-electron chi connectivity index (χ0n) is 17.2. The summed E-state index contributed by atoms with van der Waals surface area (Å²) in [5.41, 5.74) is 2.81. The highest BCUT2D eigenvalue weighted by Crippen LogP contribution is 2.40. The molecule has 4 rings (SSSR count). The van der Waals surface area contributed by atoms with Crippen LogP contribution in [-0.2, 0) is 9.53 Å². The van der Waals surface area contributed by atoms with Gasteiger partial charge in [0.15, 0.2) is 0 Å². The molecule has 30 heavy (non-hydrogen) atoms. The van der Waals surface area contributed by atoms with E-state index >= 15 is 0 Å². The summed E-state index contributed by atoms with van der Waals surface area (Å²) >= 11 is 0. The van der Waals surface area contributed by atoms with Crippen LogP contribution in [0.2, 0.25) is 0 Å². The van der Waals surface area contributed by atoms with E-state index < -0.39 is 0 Å². The number of rotatable bonds is 9. The Morgan fingerprint density at radius 2 is 2.00 bits per heavy atom. The molecule has 1 aliphatic carbocycles. The molecule has 158 valence electrons. The Morgan fingerprint density at radius 1 is 1.27 bits per heavy atom. The van der Waals surface area contributed by atoms with Crippen LogP contribution in [0.4, 0.5) is 4.39 Å². The number of hydrogen-bond acceptors (Lipinski definition) is 5. The molecular formula is C23H26FN3O3. The summed E-state index contributed by atoms with van der Waals surface area (Å²) in [6.07, 6.45) is 5.65. The number of aliphatic imine (C=N–C) groups is 1. The highest BCUT2D eigenvalue weighted by atomic mass is 19.1. The van der Waals surface area contributed by atoms with Crippen molar-refractivity contribution >= 4 is 12.1 Å². The number of carbonyl (C=O) groups excluding carboxylic acids is 1. The van der Waals surface area contributed by atoms with Crippen molar-refractivity contribution in [2.24, 2.45) is 10.9 Å². The van der Waals surface area contributed by atoms with Gasteiger partial charge in [0, 0.05) is 25.4 Å². The van der Waals surface area contributed by atoms with Gasteiger partial charge in [0.2, 0.25) is 11.8 Å². The molecule has 0 radical (unpaired) electrons. The SMILES string of the molecule is CC(=O)N[C@@H](C)COC1CC(COc2nccc(-c3ccc(F)cc3)c2C2C=N2)C1. The van der Waals surface area contributed by atoms with Gasteiger partial charge in [-0.1, -0.05) is 12.1 Å². The fourth-order valence-electron chi connectivity index (χ4n) is 3.74. The Bertz CT molecular complexity index is 920. The lowest BCUT2D eigenvalue weighted by atomic mass is 9.83. The number of carbonyl (C=O) groups is 1. The highest BCUT2D eigenvalue weighted by molar-refractivity contribution is 5.85. The third-order valence-corrected chi connectivity index (χ3v) is 5.38. The molecule has 6 nitrogen and oxygen atoms in total. The maximum absolute atomic E-state index is 13.3. The van der Waals surface area contributed by atoms with Crippen LogP contribution in [0.15, 0.2) is 41.5 Å². The first kappa shape index (κ1) is 20.5. The minimum atomic E-state index is -0.262. The average Bonchev–Trinajstić information content (AvgIpc) is 3.51. The second kappa shape index (κ2) is 8.92. The van der Waals surface area contributed by atoms with Crippen molar-refractivity contribution in [3.63, 3.8) is 0 Å². The summed E-state index contributed by atoms with van der Waals surface area (Å²) < 4.78 is 25.2. The van der Waals surface area contributed by atoms with E-state index in [0.29, 0.717) is 25.0 Å². The molecule has 1 fully saturated rings. The van der Waals surface area contributed by atoms with Crippen molar-refractivity contribution < 1.29 is 18.7 Å². The molecule has 2 heterocycles. The molecule has 2 aliphatic rings. The molecule has 2 aromatic rings. The van der Waals surface area contributed by atoms with E-state index in [1.54, 1.807) is 18.3 Å². The molecule has 1 saturated carbocycles.